The molecule has 350 valence electrons. The van der Waals surface area contributed by atoms with E-state index in [1.54, 1.807) is 6.07 Å². The number of halogens is 1. The molecule has 5 heteroatoms. The minimum absolute atomic E-state index is 0.0445. The van der Waals surface area contributed by atoms with E-state index in [2.05, 4.69) is 170 Å². The molecule has 0 N–H and O–H groups in total. The lowest BCUT2D eigenvalue weighted by Gasteiger charge is -2.20. The van der Waals surface area contributed by atoms with Crippen molar-refractivity contribution in [1.82, 2.24) is 15.0 Å². The Morgan fingerprint density at radius 2 is 0.903 bits per heavy atom. The van der Waals surface area contributed by atoms with Gasteiger partial charge >= 0.3 is 0 Å². The first-order valence-corrected chi connectivity index (χ1v) is 24.7. The SMILES string of the molecule is Cc1cc(-c2ccc(-c3cc(-c4cc(C(C)(C)C)ccn4)ccc3-c3ccccc3-c3cc(CCc4ccc(-c5ccccn5)cc4)cc(CCc4ccc(-c5ccccn5)cc4)c3)cc2)c(F)cc1C#N. The Balaban J connectivity index is 1.04. The average Bonchev–Trinajstić information content (AvgIpc) is 3.43. The Kier molecular flexibility index (Phi) is 13.6. The smallest absolute Gasteiger partial charge is 0.132 e. The molecule has 0 radical (unpaired) electrons. The molecule has 10 aromatic rings. The number of rotatable bonds is 13. The van der Waals surface area contributed by atoms with Gasteiger partial charge in [-0.25, -0.2) is 4.39 Å². The van der Waals surface area contributed by atoms with Gasteiger partial charge in [-0.1, -0.05) is 160 Å². The molecule has 0 saturated carbocycles. The third kappa shape index (κ3) is 10.6. The van der Waals surface area contributed by atoms with Crippen LogP contribution in [-0.4, -0.2) is 15.0 Å². The predicted octanol–water partition coefficient (Wildman–Crippen LogP) is 16.7. The van der Waals surface area contributed by atoms with Crippen molar-refractivity contribution in [3.8, 4) is 84.3 Å². The van der Waals surface area contributed by atoms with Crippen molar-refractivity contribution < 1.29 is 4.39 Å². The summed E-state index contributed by atoms with van der Waals surface area (Å²) >= 11 is 0. The van der Waals surface area contributed by atoms with Gasteiger partial charge in [0.15, 0.2) is 0 Å². The van der Waals surface area contributed by atoms with Gasteiger partial charge in [0.25, 0.3) is 0 Å². The molecule has 0 unspecified atom stereocenters. The van der Waals surface area contributed by atoms with Crippen LogP contribution in [0.25, 0.3) is 78.3 Å². The molecule has 10 rings (SSSR count). The lowest BCUT2D eigenvalue weighted by Crippen LogP contribution is -2.11. The molecule has 0 spiro atoms. The number of pyridine rings is 3. The van der Waals surface area contributed by atoms with Crippen LogP contribution in [0, 0.1) is 24.1 Å². The first-order chi connectivity index (χ1) is 35.1. The number of hydrogen-bond acceptors (Lipinski definition) is 4. The molecular formula is C67H55FN4. The van der Waals surface area contributed by atoms with E-state index in [0.29, 0.717) is 11.1 Å². The van der Waals surface area contributed by atoms with Crippen molar-refractivity contribution in [2.75, 3.05) is 0 Å². The Morgan fingerprint density at radius 1 is 0.403 bits per heavy atom. The third-order valence-electron chi connectivity index (χ3n) is 13.7. The maximum absolute atomic E-state index is 15.5. The minimum Gasteiger partial charge on any atom is -0.256 e. The van der Waals surface area contributed by atoms with Crippen LogP contribution in [0.5, 0.6) is 0 Å². The quantitative estimate of drug-likeness (QED) is 0.116. The maximum Gasteiger partial charge on any atom is 0.132 e. The number of aryl methyl sites for hydroxylation is 5. The Hall–Kier alpha value is -8.59. The van der Waals surface area contributed by atoms with Gasteiger partial charge < -0.3 is 0 Å². The van der Waals surface area contributed by atoms with Crippen LogP contribution in [0.4, 0.5) is 4.39 Å². The van der Waals surface area contributed by atoms with E-state index >= 15 is 4.39 Å². The van der Waals surface area contributed by atoms with E-state index in [1.165, 1.54) is 39.4 Å². The molecule has 72 heavy (non-hydrogen) atoms. The largest absolute Gasteiger partial charge is 0.256 e. The molecule has 0 bridgehead atoms. The number of nitriles is 1. The van der Waals surface area contributed by atoms with E-state index in [9.17, 15) is 5.26 Å². The van der Waals surface area contributed by atoms with Gasteiger partial charge in [-0.05, 0) is 165 Å². The number of hydrogen-bond donors (Lipinski definition) is 0. The topological polar surface area (TPSA) is 62.5 Å². The first kappa shape index (κ1) is 47.1. The third-order valence-corrected chi connectivity index (χ3v) is 13.7. The molecule has 4 nitrogen and oxygen atoms in total. The summed E-state index contributed by atoms with van der Waals surface area (Å²) in [5.74, 6) is -0.412. The van der Waals surface area contributed by atoms with E-state index in [4.69, 9.17) is 4.98 Å². The summed E-state index contributed by atoms with van der Waals surface area (Å²) in [5.41, 5.74) is 21.3. The summed E-state index contributed by atoms with van der Waals surface area (Å²) in [6.07, 6.45) is 9.16. The summed E-state index contributed by atoms with van der Waals surface area (Å²) in [5, 5.41) is 9.55. The van der Waals surface area contributed by atoms with Gasteiger partial charge in [-0.3, -0.25) is 15.0 Å². The molecule has 0 saturated heterocycles. The van der Waals surface area contributed by atoms with Gasteiger partial charge in [0.2, 0.25) is 0 Å². The normalized spacial score (nSPS) is 11.3. The fourth-order valence-electron chi connectivity index (χ4n) is 9.59. The predicted molar refractivity (Wildman–Crippen MR) is 294 cm³/mol. The lowest BCUT2D eigenvalue weighted by molar-refractivity contribution is 0.589. The van der Waals surface area contributed by atoms with Gasteiger partial charge in [-0.2, -0.15) is 5.26 Å². The van der Waals surface area contributed by atoms with Crippen LogP contribution in [0.3, 0.4) is 0 Å². The molecule has 0 atom stereocenters. The summed E-state index contributed by atoms with van der Waals surface area (Å²) in [6.45, 7) is 8.51. The lowest BCUT2D eigenvalue weighted by atomic mass is 9.85. The molecule has 7 aromatic carbocycles. The second-order valence-corrected chi connectivity index (χ2v) is 19.7. The van der Waals surface area contributed by atoms with E-state index in [1.807, 2.05) is 74.0 Å². The highest BCUT2D eigenvalue weighted by molar-refractivity contribution is 5.94. The van der Waals surface area contributed by atoms with Crippen LogP contribution in [-0.2, 0) is 31.1 Å². The van der Waals surface area contributed by atoms with Crippen molar-refractivity contribution in [3.05, 3.63) is 257 Å². The van der Waals surface area contributed by atoms with E-state index in [0.717, 1.165) is 98.4 Å². The van der Waals surface area contributed by atoms with Crippen LogP contribution in [0.15, 0.2) is 213 Å². The number of benzene rings is 7. The zero-order valence-corrected chi connectivity index (χ0v) is 41.2. The van der Waals surface area contributed by atoms with Gasteiger partial charge in [-0.15, -0.1) is 0 Å². The van der Waals surface area contributed by atoms with Gasteiger partial charge in [0.05, 0.1) is 28.7 Å². The van der Waals surface area contributed by atoms with Gasteiger partial charge in [0, 0.05) is 40.8 Å². The Bertz CT molecular complexity index is 3450. The maximum atomic E-state index is 15.5. The minimum atomic E-state index is -0.412. The summed E-state index contributed by atoms with van der Waals surface area (Å²) in [7, 11) is 0. The Labute approximate surface area is 423 Å². The first-order valence-electron chi connectivity index (χ1n) is 24.7. The van der Waals surface area contributed by atoms with Crippen molar-refractivity contribution in [3.63, 3.8) is 0 Å². The summed E-state index contributed by atoms with van der Waals surface area (Å²) < 4.78 is 15.5. The second-order valence-electron chi connectivity index (χ2n) is 19.7. The molecule has 3 heterocycles. The summed E-state index contributed by atoms with van der Waals surface area (Å²) in [4.78, 5) is 14.0. The molecule has 0 aliphatic rings. The van der Waals surface area contributed by atoms with Crippen molar-refractivity contribution in [2.24, 2.45) is 0 Å². The van der Waals surface area contributed by atoms with Crippen molar-refractivity contribution in [1.29, 1.82) is 5.26 Å². The highest BCUT2D eigenvalue weighted by Gasteiger charge is 2.19. The van der Waals surface area contributed by atoms with Crippen LogP contribution < -0.4 is 0 Å². The molecule has 0 aliphatic carbocycles. The van der Waals surface area contributed by atoms with Crippen molar-refractivity contribution >= 4 is 0 Å². The molecule has 0 aliphatic heterocycles. The van der Waals surface area contributed by atoms with Crippen LogP contribution in [0.1, 0.15) is 59.7 Å². The fourth-order valence-corrected chi connectivity index (χ4v) is 9.59. The highest BCUT2D eigenvalue weighted by atomic mass is 19.1. The standard InChI is InChI=1S/C67H55FN4/c1-45-37-62(63(68)42-56(45)44-69)51-29-27-50(28-30-51)61-41-54(66-43-57(33-36-72-66)67(2,3)4)31-32-60(61)59-12-6-5-11-58(59)55-39-48(17-15-46-19-23-52(24-20-46)64-13-7-9-34-70-64)38-49(40-55)18-16-47-21-25-53(26-22-47)65-14-8-10-35-71-65/h5-14,19-43H,15-18H2,1-4H3. The highest BCUT2D eigenvalue weighted by Crippen LogP contribution is 2.42. The van der Waals surface area contributed by atoms with E-state index in [-0.39, 0.29) is 5.41 Å². The zero-order chi connectivity index (χ0) is 49.6. The zero-order valence-electron chi connectivity index (χ0n) is 41.2. The molecule has 0 fully saturated rings. The second kappa shape index (κ2) is 20.8. The Morgan fingerprint density at radius 3 is 1.46 bits per heavy atom. The van der Waals surface area contributed by atoms with Crippen LogP contribution in [0.2, 0.25) is 0 Å². The van der Waals surface area contributed by atoms with Crippen molar-refractivity contribution in [2.45, 2.75) is 58.8 Å². The van der Waals surface area contributed by atoms with E-state index < -0.39 is 5.82 Å². The number of nitrogens with zero attached hydrogens (tertiary/aromatic N) is 4. The van der Waals surface area contributed by atoms with Crippen LogP contribution >= 0.6 is 0 Å². The monoisotopic (exact) mass is 934 g/mol. The number of aromatic nitrogens is 3. The summed E-state index contributed by atoms with van der Waals surface area (Å²) in [6, 6.07) is 69.9. The molecule has 0 amide bonds. The van der Waals surface area contributed by atoms with Gasteiger partial charge in [0.1, 0.15) is 5.82 Å². The molecule has 3 aromatic heterocycles. The fraction of sp³-hybridized carbons (Fsp3) is 0.134. The molecular weight excluding hydrogens is 880 g/mol. The average molecular weight is 935 g/mol.